The van der Waals surface area contributed by atoms with Gasteiger partial charge in [0.2, 0.25) is 0 Å². The molecule has 0 heterocycles. The Morgan fingerprint density at radius 2 is 0.962 bits per heavy atom. The van der Waals surface area contributed by atoms with Gasteiger partial charge < -0.3 is 9.11 Å². The monoisotopic (exact) mass is 638 g/mol. The Labute approximate surface area is 224 Å². The molecule has 0 amide bonds. The first-order valence-electron chi connectivity index (χ1n) is 6.36. The van der Waals surface area contributed by atoms with Gasteiger partial charge in [-0.3, -0.25) is 0 Å². The molecular weight excluding hydrogens is 628 g/mol. The van der Waals surface area contributed by atoms with Crippen molar-refractivity contribution in [3.8, 4) is 11.1 Å². The minimum absolute atomic E-state index is 0. The van der Waals surface area contributed by atoms with Gasteiger partial charge in [-0.25, -0.2) is 16.8 Å². The summed E-state index contributed by atoms with van der Waals surface area (Å²) in [4.78, 5) is -1.03. The van der Waals surface area contributed by atoms with Crippen molar-refractivity contribution in [1.29, 1.82) is 0 Å². The van der Waals surface area contributed by atoms with Crippen LogP contribution >= 0.6 is 45.2 Å². The van der Waals surface area contributed by atoms with Crippen molar-refractivity contribution < 1.29 is 85.1 Å². The Kier molecular flexibility index (Phi) is 10.8. The number of hydrogen-bond donors (Lipinski definition) is 0. The largest absolute Gasteiger partial charge is 1.00 e. The second-order valence-electron chi connectivity index (χ2n) is 5.01. The van der Waals surface area contributed by atoms with Crippen LogP contribution in [0.2, 0.25) is 0 Å². The fourth-order valence-corrected chi connectivity index (χ4v) is 5.53. The molecule has 6 nitrogen and oxygen atoms in total. The molecule has 0 unspecified atom stereocenters. The van der Waals surface area contributed by atoms with E-state index in [1.165, 1.54) is 26.0 Å². The molecule has 12 heteroatoms. The molecule has 2 aromatic rings. The fraction of sp³-hybridized carbons (Fsp3) is 0.143. The summed E-state index contributed by atoms with van der Waals surface area (Å²) in [7, 11) is -9.75. The topological polar surface area (TPSA) is 114 Å². The first-order chi connectivity index (χ1) is 10.9. The maximum atomic E-state index is 11.7. The van der Waals surface area contributed by atoms with E-state index in [1.807, 2.05) is 45.2 Å². The van der Waals surface area contributed by atoms with E-state index < -0.39 is 30.0 Å². The zero-order valence-electron chi connectivity index (χ0n) is 14.3. The molecule has 0 spiro atoms. The zero-order valence-corrected chi connectivity index (χ0v) is 24.3. The molecule has 0 fully saturated rings. The summed E-state index contributed by atoms with van der Waals surface area (Å²) in [5.74, 6) is 0. The summed E-state index contributed by atoms with van der Waals surface area (Å²) in [5.41, 5.74) is 0.260. The average Bonchev–Trinajstić information content (AvgIpc) is 2.41. The number of benzene rings is 2. The predicted molar refractivity (Wildman–Crippen MR) is 103 cm³/mol. The van der Waals surface area contributed by atoms with Crippen molar-refractivity contribution >= 4 is 65.4 Å². The van der Waals surface area contributed by atoms with E-state index in [9.17, 15) is 25.9 Å². The molecule has 0 bridgehead atoms. The normalized spacial score (nSPS) is 11.5. The van der Waals surface area contributed by atoms with Gasteiger partial charge in [0, 0.05) is 18.3 Å². The van der Waals surface area contributed by atoms with E-state index in [4.69, 9.17) is 0 Å². The van der Waals surface area contributed by atoms with Gasteiger partial charge in [0.1, 0.15) is 20.2 Å². The molecule has 0 atom stereocenters. The summed E-state index contributed by atoms with van der Waals surface area (Å²) in [6, 6.07) is 5.81. The van der Waals surface area contributed by atoms with E-state index in [0.29, 0.717) is 7.14 Å². The van der Waals surface area contributed by atoms with Crippen LogP contribution in [0.25, 0.3) is 11.1 Å². The molecule has 0 aliphatic rings. The summed E-state index contributed by atoms with van der Waals surface area (Å²) in [6.07, 6.45) is 0. The maximum absolute atomic E-state index is 11.7. The van der Waals surface area contributed by atoms with Gasteiger partial charge in [-0.2, -0.15) is 0 Å². The predicted octanol–water partition coefficient (Wildman–Crippen LogP) is -3.00. The molecule has 26 heavy (non-hydrogen) atoms. The van der Waals surface area contributed by atoms with Crippen LogP contribution in [0.5, 0.6) is 0 Å². The van der Waals surface area contributed by atoms with Crippen LogP contribution in [0.4, 0.5) is 0 Å². The third-order valence-electron chi connectivity index (χ3n) is 3.47. The summed E-state index contributed by atoms with van der Waals surface area (Å²) >= 11 is 3.76. The van der Waals surface area contributed by atoms with Crippen molar-refractivity contribution in [2.45, 2.75) is 23.6 Å². The van der Waals surface area contributed by atoms with E-state index in [-0.39, 0.29) is 81.4 Å². The van der Waals surface area contributed by atoms with Crippen LogP contribution in [0.3, 0.4) is 0 Å². The number of rotatable bonds is 3. The summed E-state index contributed by atoms with van der Waals surface area (Å²) < 4.78 is 71.4. The third kappa shape index (κ3) is 5.88. The van der Waals surface area contributed by atoms with Crippen LogP contribution < -0.4 is 59.1 Å². The number of hydrogen-bond acceptors (Lipinski definition) is 6. The van der Waals surface area contributed by atoms with E-state index >= 15 is 0 Å². The quantitative estimate of drug-likeness (QED) is 0.201. The van der Waals surface area contributed by atoms with Gasteiger partial charge in [-0.1, -0.05) is 12.1 Å². The van der Waals surface area contributed by atoms with E-state index in [1.54, 1.807) is 12.1 Å². The molecule has 0 radical (unpaired) electrons. The molecule has 0 N–H and O–H groups in total. The third-order valence-corrected chi connectivity index (χ3v) is 7.86. The molecule has 0 aromatic heterocycles. The zero-order chi connectivity index (χ0) is 18.4. The molecular formula is C14H10I2Na2O6S2. The molecule has 0 saturated carbocycles. The van der Waals surface area contributed by atoms with Crippen LogP contribution in [0.1, 0.15) is 11.1 Å². The standard InChI is InChI=1S/C14H12I2O6S2.2Na/c1-7-11(15)5-3-9(13(7)23(17,18)19)10-4-6-12(16)8(2)14(10)24(20,21)22;;/h3-6H,1-2H3,(H,17,18,19)(H,20,21,22);;/q;2*+1/p-2. The maximum Gasteiger partial charge on any atom is 1.00 e. The van der Waals surface area contributed by atoms with Crippen LogP contribution in [-0.2, 0) is 20.2 Å². The molecule has 0 saturated heterocycles. The minimum atomic E-state index is -4.87. The Hall–Kier alpha value is 1.72. The minimum Gasteiger partial charge on any atom is -0.744 e. The first-order valence-corrected chi connectivity index (χ1v) is 11.3. The fourth-order valence-electron chi connectivity index (χ4n) is 2.40. The van der Waals surface area contributed by atoms with Crippen LogP contribution in [0, 0.1) is 21.0 Å². The van der Waals surface area contributed by atoms with E-state index in [2.05, 4.69) is 0 Å². The molecule has 2 aromatic carbocycles. The Bertz CT molecular complexity index is 968. The van der Waals surface area contributed by atoms with Gasteiger partial charge in [0.25, 0.3) is 0 Å². The smallest absolute Gasteiger partial charge is 0.744 e. The molecule has 0 aliphatic heterocycles. The van der Waals surface area contributed by atoms with Gasteiger partial charge in [0.05, 0.1) is 9.79 Å². The van der Waals surface area contributed by atoms with Crippen molar-refractivity contribution in [3.05, 3.63) is 42.5 Å². The van der Waals surface area contributed by atoms with Crippen molar-refractivity contribution in [3.63, 3.8) is 0 Å². The summed E-state index contributed by atoms with van der Waals surface area (Å²) in [5, 5.41) is 0. The van der Waals surface area contributed by atoms with Gasteiger partial charge >= 0.3 is 59.1 Å². The van der Waals surface area contributed by atoms with Crippen molar-refractivity contribution in [1.82, 2.24) is 0 Å². The first kappa shape index (κ1) is 27.7. The van der Waals surface area contributed by atoms with Gasteiger partial charge in [-0.05, 0) is 82.3 Å². The Balaban J connectivity index is 0.00000312. The Morgan fingerprint density at radius 1 is 0.692 bits per heavy atom. The van der Waals surface area contributed by atoms with Crippen molar-refractivity contribution in [2.24, 2.45) is 0 Å². The van der Waals surface area contributed by atoms with Crippen LogP contribution in [0.15, 0.2) is 34.1 Å². The second kappa shape index (κ2) is 10.2. The molecule has 130 valence electrons. The SMILES string of the molecule is Cc1c(I)ccc(-c2ccc(I)c(C)c2S(=O)(=O)[O-])c1S(=O)(=O)[O-].[Na+].[Na+]. The van der Waals surface area contributed by atoms with Crippen LogP contribution in [-0.4, -0.2) is 25.9 Å². The Morgan fingerprint density at radius 3 is 1.19 bits per heavy atom. The average molecular weight is 638 g/mol. The second-order valence-corrected chi connectivity index (χ2v) is 9.96. The van der Waals surface area contributed by atoms with E-state index in [0.717, 1.165) is 0 Å². The van der Waals surface area contributed by atoms with Gasteiger partial charge in [0.15, 0.2) is 0 Å². The number of halogens is 2. The molecule has 0 aliphatic carbocycles. The van der Waals surface area contributed by atoms with Gasteiger partial charge in [-0.15, -0.1) is 0 Å². The molecule has 2 rings (SSSR count). The van der Waals surface area contributed by atoms with Crippen molar-refractivity contribution in [2.75, 3.05) is 0 Å². The summed E-state index contributed by atoms with van der Waals surface area (Å²) in [6.45, 7) is 2.92.